The zero-order chi connectivity index (χ0) is 14.3. The third kappa shape index (κ3) is 2.51. The molecule has 2 fully saturated rings. The molecule has 6 heteroatoms. The number of aryl methyl sites for hydroxylation is 1. The van der Waals surface area contributed by atoms with Crippen molar-refractivity contribution in [1.82, 2.24) is 14.5 Å². The predicted octanol–water partition coefficient (Wildman–Crippen LogP) is 2.01. The van der Waals surface area contributed by atoms with Crippen LogP contribution in [-0.2, 0) is 16.6 Å². The topological polar surface area (TPSA) is 64.0 Å². The fourth-order valence-electron chi connectivity index (χ4n) is 3.96. The van der Waals surface area contributed by atoms with E-state index in [1.54, 1.807) is 10.9 Å². The number of rotatable bonds is 5. The van der Waals surface area contributed by atoms with Crippen LogP contribution in [0.5, 0.6) is 0 Å². The highest BCUT2D eigenvalue weighted by Gasteiger charge is 2.42. The Morgan fingerprint density at radius 1 is 1.45 bits per heavy atom. The first-order chi connectivity index (χ1) is 9.49. The van der Waals surface area contributed by atoms with Gasteiger partial charge in [0, 0.05) is 18.8 Å². The van der Waals surface area contributed by atoms with Gasteiger partial charge in [0.1, 0.15) is 4.90 Å². The number of aromatic nitrogens is 2. The molecule has 20 heavy (non-hydrogen) atoms. The summed E-state index contributed by atoms with van der Waals surface area (Å²) in [6.07, 6.45) is 8.11. The molecule has 0 spiro atoms. The lowest BCUT2D eigenvalue weighted by atomic mass is 9.84. The molecule has 2 saturated carbocycles. The highest BCUT2D eigenvalue weighted by Crippen LogP contribution is 2.49. The van der Waals surface area contributed by atoms with Gasteiger partial charge in [-0.3, -0.25) is 4.68 Å². The smallest absolute Gasteiger partial charge is 0.243 e. The maximum absolute atomic E-state index is 12.4. The van der Waals surface area contributed by atoms with Gasteiger partial charge in [-0.1, -0.05) is 6.42 Å². The molecule has 0 saturated heterocycles. The summed E-state index contributed by atoms with van der Waals surface area (Å²) in [5, 5.41) is 4.04. The second-order valence-electron chi connectivity index (χ2n) is 6.28. The number of sulfonamides is 1. The molecule has 4 atom stereocenters. The molecule has 1 heterocycles. The third-order valence-electron chi connectivity index (χ3n) is 5.02. The van der Waals surface area contributed by atoms with Crippen LogP contribution in [0.25, 0.3) is 0 Å². The quantitative estimate of drug-likeness (QED) is 0.904. The van der Waals surface area contributed by atoms with Crippen molar-refractivity contribution in [1.29, 1.82) is 0 Å². The maximum atomic E-state index is 12.4. The lowest BCUT2D eigenvalue weighted by Gasteiger charge is -2.28. The second kappa shape index (κ2) is 5.15. The van der Waals surface area contributed by atoms with Gasteiger partial charge in [0.15, 0.2) is 0 Å². The van der Waals surface area contributed by atoms with Crippen LogP contribution in [0, 0.1) is 17.8 Å². The summed E-state index contributed by atoms with van der Waals surface area (Å²) in [5.74, 6) is 2.06. The van der Waals surface area contributed by atoms with Crippen molar-refractivity contribution in [3.8, 4) is 0 Å². The Kier molecular flexibility index (Phi) is 3.62. The Morgan fingerprint density at radius 3 is 2.80 bits per heavy atom. The van der Waals surface area contributed by atoms with Gasteiger partial charge in [-0.05, 0) is 50.9 Å². The van der Waals surface area contributed by atoms with Crippen molar-refractivity contribution in [2.24, 2.45) is 17.8 Å². The number of hydrogen-bond acceptors (Lipinski definition) is 3. The Morgan fingerprint density at radius 2 is 2.25 bits per heavy atom. The van der Waals surface area contributed by atoms with Crippen LogP contribution in [0.15, 0.2) is 17.3 Å². The van der Waals surface area contributed by atoms with Crippen LogP contribution >= 0.6 is 0 Å². The molecule has 1 aromatic heterocycles. The van der Waals surface area contributed by atoms with Crippen molar-refractivity contribution in [3.05, 3.63) is 12.4 Å². The third-order valence-corrected chi connectivity index (χ3v) is 6.53. The van der Waals surface area contributed by atoms with Gasteiger partial charge in [0.2, 0.25) is 10.0 Å². The zero-order valence-electron chi connectivity index (χ0n) is 12.1. The molecule has 1 N–H and O–H groups in total. The molecule has 1 aromatic rings. The molecule has 112 valence electrons. The van der Waals surface area contributed by atoms with Crippen molar-refractivity contribution in [2.75, 3.05) is 0 Å². The van der Waals surface area contributed by atoms with E-state index >= 15 is 0 Å². The first-order valence-electron chi connectivity index (χ1n) is 7.54. The monoisotopic (exact) mass is 297 g/mol. The molecule has 0 unspecified atom stereocenters. The minimum Gasteiger partial charge on any atom is -0.272 e. The number of fused-ring (bicyclic) bond motifs is 2. The molecular weight excluding hydrogens is 274 g/mol. The molecule has 2 aliphatic carbocycles. The van der Waals surface area contributed by atoms with Crippen LogP contribution in [0.3, 0.4) is 0 Å². The molecule has 0 radical (unpaired) electrons. The number of hydrogen-bond donors (Lipinski definition) is 1. The van der Waals surface area contributed by atoms with Crippen LogP contribution in [0.1, 0.15) is 39.5 Å². The van der Waals surface area contributed by atoms with E-state index in [1.165, 1.54) is 31.9 Å². The van der Waals surface area contributed by atoms with Gasteiger partial charge in [-0.25, -0.2) is 13.1 Å². The maximum Gasteiger partial charge on any atom is 0.243 e. The van der Waals surface area contributed by atoms with Gasteiger partial charge in [-0.15, -0.1) is 0 Å². The van der Waals surface area contributed by atoms with E-state index in [1.807, 2.05) is 13.8 Å². The number of nitrogens with one attached hydrogen (secondary N) is 1. The average molecular weight is 297 g/mol. The first-order valence-corrected chi connectivity index (χ1v) is 9.02. The van der Waals surface area contributed by atoms with Gasteiger partial charge in [0.25, 0.3) is 0 Å². The van der Waals surface area contributed by atoms with Gasteiger partial charge in [0.05, 0.1) is 6.20 Å². The van der Waals surface area contributed by atoms with E-state index in [-0.39, 0.29) is 10.9 Å². The molecule has 2 bridgehead atoms. The first kappa shape index (κ1) is 14.1. The predicted molar refractivity (Wildman–Crippen MR) is 76.6 cm³/mol. The van der Waals surface area contributed by atoms with Crippen molar-refractivity contribution < 1.29 is 8.42 Å². The largest absolute Gasteiger partial charge is 0.272 e. The standard InChI is InChI=1S/C14H23N3O2S/c1-3-17-9-13(8-15-17)20(18,19)16-10(2)14-7-11-4-5-12(14)6-11/h8-12,14,16H,3-7H2,1-2H3/t10-,11-,12-,14-/m0/s1. The Balaban J connectivity index is 1.69. The summed E-state index contributed by atoms with van der Waals surface area (Å²) in [7, 11) is -3.44. The summed E-state index contributed by atoms with van der Waals surface area (Å²) >= 11 is 0. The summed E-state index contributed by atoms with van der Waals surface area (Å²) in [5.41, 5.74) is 0. The van der Waals surface area contributed by atoms with Crippen LogP contribution in [-0.4, -0.2) is 24.2 Å². The Hall–Kier alpha value is -0.880. The van der Waals surface area contributed by atoms with Crippen molar-refractivity contribution in [2.45, 2.75) is 57.0 Å². The van der Waals surface area contributed by atoms with Crippen LogP contribution in [0.2, 0.25) is 0 Å². The van der Waals surface area contributed by atoms with E-state index in [2.05, 4.69) is 9.82 Å². The fourth-order valence-corrected chi connectivity index (χ4v) is 5.21. The van der Waals surface area contributed by atoms with Crippen molar-refractivity contribution in [3.63, 3.8) is 0 Å². The summed E-state index contributed by atoms with van der Waals surface area (Å²) < 4.78 is 29.2. The molecule has 0 amide bonds. The summed E-state index contributed by atoms with van der Waals surface area (Å²) in [6.45, 7) is 4.62. The van der Waals surface area contributed by atoms with Gasteiger partial charge < -0.3 is 0 Å². The summed E-state index contributed by atoms with van der Waals surface area (Å²) in [6, 6.07) is 0.0141. The van der Waals surface area contributed by atoms with Crippen LogP contribution in [0.4, 0.5) is 0 Å². The number of nitrogens with zero attached hydrogens (tertiary/aromatic N) is 2. The second-order valence-corrected chi connectivity index (χ2v) is 7.99. The lowest BCUT2D eigenvalue weighted by Crippen LogP contribution is -2.39. The van der Waals surface area contributed by atoms with E-state index in [4.69, 9.17) is 0 Å². The summed E-state index contributed by atoms with van der Waals surface area (Å²) in [4.78, 5) is 0.273. The molecule has 0 aromatic carbocycles. The molecule has 5 nitrogen and oxygen atoms in total. The minimum atomic E-state index is -3.44. The lowest BCUT2D eigenvalue weighted by molar-refractivity contribution is 0.280. The van der Waals surface area contributed by atoms with Gasteiger partial charge >= 0.3 is 0 Å². The van der Waals surface area contributed by atoms with Gasteiger partial charge in [-0.2, -0.15) is 5.10 Å². The molecular formula is C14H23N3O2S. The van der Waals surface area contributed by atoms with Crippen LogP contribution < -0.4 is 4.72 Å². The minimum absolute atomic E-state index is 0.0141. The zero-order valence-corrected chi connectivity index (χ0v) is 12.9. The van der Waals surface area contributed by atoms with E-state index in [0.717, 1.165) is 11.8 Å². The SMILES string of the molecule is CCn1cc(S(=O)(=O)N[C@@H](C)[C@@H]2C[C@H]3CC[C@H]2C3)cn1. The normalized spacial score (nSPS) is 30.8. The Bertz CT molecular complexity index is 581. The van der Waals surface area contributed by atoms with E-state index < -0.39 is 10.0 Å². The molecule has 2 aliphatic rings. The van der Waals surface area contributed by atoms with E-state index in [9.17, 15) is 8.42 Å². The molecule has 3 rings (SSSR count). The average Bonchev–Trinajstić information content (AvgIpc) is 3.13. The molecule has 0 aliphatic heterocycles. The fraction of sp³-hybridized carbons (Fsp3) is 0.786. The van der Waals surface area contributed by atoms with E-state index in [0.29, 0.717) is 12.5 Å². The highest BCUT2D eigenvalue weighted by atomic mass is 32.2. The van der Waals surface area contributed by atoms with Crippen molar-refractivity contribution >= 4 is 10.0 Å². The highest BCUT2D eigenvalue weighted by molar-refractivity contribution is 7.89. The Labute approximate surface area is 120 Å².